The molecule has 0 aromatic heterocycles. The van der Waals surface area contributed by atoms with Gasteiger partial charge in [-0.25, -0.2) is 0 Å². The first-order valence-corrected chi connectivity index (χ1v) is 6.46. The number of hydrogen-bond acceptors (Lipinski definition) is 2. The highest BCUT2D eigenvalue weighted by Crippen LogP contribution is 2.21. The zero-order valence-electron chi connectivity index (χ0n) is 11.5. The van der Waals surface area contributed by atoms with E-state index in [2.05, 4.69) is 50.4 Å². The highest BCUT2D eigenvalue weighted by Gasteiger charge is 2.14. The van der Waals surface area contributed by atoms with Gasteiger partial charge in [0.2, 0.25) is 0 Å². The predicted molar refractivity (Wildman–Crippen MR) is 73.3 cm³/mol. The average molecular weight is 235 g/mol. The fourth-order valence-corrected chi connectivity index (χ4v) is 2.14. The maximum absolute atomic E-state index is 5.21. The lowest BCUT2D eigenvalue weighted by Gasteiger charge is -2.22. The molecule has 17 heavy (non-hydrogen) atoms. The molecule has 2 unspecified atom stereocenters. The summed E-state index contributed by atoms with van der Waals surface area (Å²) in [6, 6.07) is 9.25. The summed E-state index contributed by atoms with van der Waals surface area (Å²) >= 11 is 0. The molecule has 0 fully saturated rings. The molecule has 0 aliphatic heterocycles. The van der Waals surface area contributed by atoms with Gasteiger partial charge in [-0.2, -0.15) is 0 Å². The lowest BCUT2D eigenvalue weighted by atomic mass is 9.95. The van der Waals surface area contributed by atoms with Crippen molar-refractivity contribution in [3.05, 3.63) is 35.4 Å². The SMILES string of the molecule is CCNC(CC(C)COC)c1ccc(C)cc1. The Balaban J connectivity index is 2.67. The van der Waals surface area contributed by atoms with Crippen molar-refractivity contribution in [3.63, 3.8) is 0 Å². The van der Waals surface area contributed by atoms with Crippen molar-refractivity contribution in [1.29, 1.82) is 0 Å². The van der Waals surface area contributed by atoms with Gasteiger partial charge in [0.25, 0.3) is 0 Å². The standard InChI is InChI=1S/C15H25NO/c1-5-16-15(10-13(3)11-17-4)14-8-6-12(2)7-9-14/h6-9,13,15-16H,5,10-11H2,1-4H3. The molecule has 2 heteroatoms. The Labute approximate surface area is 105 Å². The first kappa shape index (κ1) is 14.2. The summed E-state index contributed by atoms with van der Waals surface area (Å²) in [4.78, 5) is 0. The van der Waals surface area contributed by atoms with Gasteiger partial charge in [-0.15, -0.1) is 0 Å². The van der Waals surface area contributed by atoms with Crippen molar-refractivity contribution in [3.8, 4) is 0 Å². The van der Waals surface area contributed by atoms with Crippen molar-refractivity contribution in [2.45, 2.75) is 33.2 Å². The third-order valence-corrected chi connectivity index (χ3v) is 3.02. The minimum absolute atomic E-state index is 0.436. The van der Waals surface area contributed by atoms with Crippen molar-refractivity contribution in [1.82, 2.24) is 5.32 Å². The zero-order valence-corrected chi connectivity index (χ0v) is 11.5. The van der Waals surface area contributed by atoms with Crippen molar-refractivity contribution in [2.75, 3.05) is 20.3 Å². The minimum Gasteiger partial charge on any atom is -0.384 e. The molecule has 0 bridgehead atoms. The normalized spacial score (nSPS) is 14.6. The van der Waals surface area contributed by atoms with Gasteiger partial charge in [0.1, 0.15) is 0 Å². The van der Waals surface area contributed by atoms with Gasteiger partial charge in [-0.1, -0.05) is 43.7 Å². The molecule has 0 saturated carbocycles. The number of rotatable bonds is 7. The third kappa shape index (κ3) is 4.88. The quantitative estimate of drug-likeness (QED) is 0.783. The van der Waals surface area contributed by atoms with E-state index in [1.807, 2.05) is 0 Å². The first-order chi connectivity index (χ1) is 8.17. The second kappa shape index (κ2) is 7.46. The summed E-state index contributed by atoms with van der Waals surface area (Å²) in [7, 11) is 1.77. The fourth-order valence-electron chi connectivity index (χ4n) is 2.14. The van der Waals surface area contributed by atoms with Crippen LogP contribution in [0.1, 0.15) is 37.4 Å². The molecular weight excluding hydrogens is 210 g/mol. The Bertz CT molecular complexity index is 307. The second-order valence-corrected chi connectivity index (χ2v) is 4.82. The molecule has 0 amide bonds. The molecule has 96 valence electrons. The van der Waals surface area contributed by atoms with Crippen LogP contribution in [-0.4, -0.2) is 20.3 Å². The van der Waals surface area contributed by atoms with Crippen LogP contribution in [0.3, 0.4) is 0 Å². The molecule has 0 aliphatic carbocycles. The van der Waals surface area contributed by atoms with Gasteiger partial charge in [-0.05, 0) is 31.4 Å². The molecular formula is C15H25NO. The lowest BCUT2D eigenvalue weighted by Crippen LogP contribution is -2.24. The van der Waals surface area contributed by atoms with E-state index in [1.165, 1.54) is 11.1 Å². The fraction of sp³-hybridized carbons (Fsp3) is 0.600. The van der Waals surface area contributed by atoms with Crippen molar-refractivity contribution in [2.24, 2.45) is 5.92 Å². The smallest absolute Gasteiger partial charge is 0.0488 e. The molecule has 0 spiro atoms. The van der Waals surface area contributed by atoms with E-state index in [-0.39, 0.29) is 0 Å². The average Bonchev–Trinajstić information content (AvgIpc) is 2.30. The van der Waals surface area contributed by atoms with Gasteiger partial charge >= 0.3 is 0 Å². The van der Waals surface area contributed by atoms with Crippen molar-refractivity contribution >= 4 is 0 Å². The van der Waals surface area contributed by atoms with Crippen LogP contribution in [0.5, 0.6) is 0 Å². The van der Waals surface area contributed by atoms with E-state index in [9.17, 15) is 0 Å². The molecule has 1 aromatic carbocycles. The van der Waals surface area contributed by atoms with Crippen LogP contribution < -0.4 is 5.32 Å². The maximum atomic E-state index is 5.21. The maximum Gasteiger partial charge on any atom is 0.0488 e. The molecule has 2 atom stereocenters. The van der Waals surface area contributed by atoms with Crippen LogP contribution in [0.25, 0.3) is 0 Å². The number of ether oxygens (including phenoxy) is 1. The monoisotopic (exact) mass is 235 g/mol. The summed E-state index contributed by atoms with van der Waals surface area (Å²) in [6.07, 6.45) is 1.12. The van der Waals surface area contributed by atoms with Gasteiger partial charge in [0, 0.05) is 19.8 Å². The van der Waals surface area contributed by atoms with E-state index >= 15 is 0 Å². The molecule has 0 saturated heterocycles. The van der Waals surface area contributed by atoms with Gasteiger partial charge in [-0.3, -0.25) is 0 Å². The van der Waals surface area contributed by atoms with Gasteiger partial charge in [0.15, 0.2) is 0 Å². The predicted octanol–water partition coefficient (Wildman–Crippen LogP) is 3.32. The Morgan fingerprint density at radius 1 is 1.24 bits per heavy atom. The lowest BCUT2D eigenvalue weighted by molar-refractivity contribution is 0.149. The van der Waals surface area contributed by atoms with Crippen LogP contribution in [-0.2, 0) is 4.74 Å². The van der Waals surface area contributed by atoms with Crippen LogP contribution in [0.15, 0.2) is 24.3 Å². The van der Waals surface area contributed by atoms with Crippen LogP contribution in [0.2, 0.25) is 0 Å². The topological polar surface area (TPSA) is 21.3 Å². The van der Waals surface area contributed by atoms with E-state index in [1.54, 1.807) is 7.11 Å². The van der Waals surface area contributed by atoms with Crippen LogP contribution >= 0.6 is 0 Å². The Morgan fingerprint density at radius 2 is 1.88 bits per heavy atom. The van der Waals surface area contributed by atoms with E-state index in [0.717, 1.165) is 19.6 Å². The summed E-state index contributed by atoms with van der Waals surface area (Å²) < 4.78 is 5.21. The molecule has 0 aliphatic rings. The summed E-state index contributed by atoms with van der Waals surface area (Å²) in [6.45, 7) is 8.34. The summed E-state index contributed by atoms with van der Waals surface area (Å²) in [5.41, 5.74) is 2.69. The molecule has 0 radical (unpaired) electrons. The largest absolute Gasteiger partial charge is 0.384 e. The summed E-state index contributed by atoms with van der Waals surface area (Å²) in [5, 5.41) is 3.55. The highest BCUT2D eigenvalue weighted by atomic mass is 16.5. The number of methoxy groups -OCH3 is 1. The van der Waals surface area contributed by atoms with Gasteiger partial charge < -0.3 is 10.1 Å². The van der Waals surface area contributed by atoms with Crippen LogP contribution in [0, 0.1) is 12.8 Å². The first-order valence-electron chi connectivity index (χ1n) is 6.46. The number of benzene rings is 1. The number of aryl methyl sites for hydroxylation is 1. The summed E-state index contributed by atoms with van der Waals surface area (Å²) in [5.74, 6) is 0.574. The van der Waals surface area contributed by atoms with Gasteiger partial charge in [0.05, 0.1) is 0 Å². The third-order valence-electron chi connectivity index (χ3n) is 3.02. The minimum atomic E-state index is 0.436. The Hall–Kier alpha value is -0.860. The molecule has 1 rings (SSSR count). The molecule has 1 aromatic rings. The second-order valence-electron chi connectivity index (χ2n) is 4.82. The van der Waals surface area contributed by atoms with Crippen LogP contribution in [0.4, 0.5) is 0 Å². The van der Waals surface area contributed by atoms with E-state index in [0.29, 0.717) is 12.0 Å². The van der Waals surface area contributed by atoms with Crippen molar-refractivity contribution < 1.29 is 4.74 Å². The Morgan fingerprint density at radius 3 is 2.41 bits per heavy atom. The zero-order chi connectivity index (χ0) is 12.7. The molecule has 2 nitrogen and oxygen atoms in total. The highest BCUT2D eigenvalue weighted by molar-refractivity contribution is 5.24. The Kier molecular flexibility index (Phi) is 6.23. The number of hydrogen-bond donors (Lipinski definition) is 1. The molecule has 0 heterocycles. The number of nitrogens with one attached hydrogen (secondary N) is 1. The van der Waals surface area contributed by atoms with E-state index < -0.39 is 0 Å². The molecule has 1 N–H and O–H groups in total. The van der Waals surface area contributed by atoms with E-state index in [4.69, 9.17) is 4.74 Å².